The molecule has 34 heavy (non-hydrogen) atoms. The Balaban J connectivity index is 1.43. The molecule has 9 heteroatoms. The van der Waals surface area contributed by atoms with Crippen molar-refractivity contribution in [2.75, 3.05) is 6.79 Å². The molecule has 4 rings (SSSR count). The minimum atomic E-state index is -3.95. The van der Waals surface area contributed by atoms with Gasteiger partial charge in [0.05, 0.1) is 4.90 Å². The number of carbonyl (C=O) groups excluding carboxylic acids is 1. The highest BCUT2D eigenvalue weighted by Gasteiger charge is 2.28. The van der Waals surface area contributed by atoms with Gasteiger partial charge in [-0.3, -0.25) is 4.79 Å². The lowest BCUT2D eigenvalue weighted by atomic mass is 10.0. The Labute approximate surface area is 198 Å². The minimum absolute atomic E-state index is 0.0348. The van der Waals surface area contributed by atoms with Gasteiger partial charge in [0.1, 0.15) is 11.9 Å². The maximum Gasteiger partial charge on any atom is 0.241 e. The van der Waals surface area contributed by atoms with E-state index in [2.05, 4.69) is 10.0 Å². The number of ether oxygens (including phenoxy) is 2. The van der Waals surface area contributed by atoms with Gasteiger partial charge in [0.2, 0.25) is 22.7 Å². The van der Waals surface area contributed by atoms with E-state index in [0.29, 0.717) is 11.5 Å². The fourth-order valence-corrected chi connectivity index (χ4v) is 4.89. The van der Waals surface area contributed by atoms with E-state index in [1.807, 2.05) is 6.07 Å². The molecule has 0 saturated carbocycles. The molecule has 1 aliphatic rings. The lowest BCUT2D eigenvalue weighted by molar-refractivity contribution is -0.123. The fourth-order valence-electron chi connectivity index (χ4n) is 3.55. The Hall–Kier alpha value is -3.43. The van der Waals surface area contributed by atoms with Gasteiger partial charge in [0.15, 0.2) is 11.5 Å². The van der Waals surface area contributed by atoms with E-state index >= 15 is 0 Å². The van der Waals surface area contributed by atoms with E-state index in [1.54, 1.807) is 50.2 Å². The Bertz CT molecular complexity index is 1280. The first-order valence-electron chi connectivity index (χ1n) is 10.8. The first-order chi connectivity index (χ1) is 16.2. The molecule has 1 heterocycles. The number of benzene rings is 3. The summed E-state index contributed by atoms with van der Waals surface area (Å²) < 4.78 is 52.2. The van der Waals surface area contributed by atoms with Crippen LogP contribution in [0.15, 0.2) is 71.6 Å². The van der Waals surface area contributed by atoms with Crippen LogP contribution in [0.2, 0.25) is 0 Å². The van der Waals surface area contributed by atoms with E-state index in [0.717, 1.165) is 16.7 Å². The van der Waals surface area contributed by atoms with Gasteiger partial charge in [-0.25, -0.2) is 12.8 Å². The number of rotatable bonds is 8. The van der Waals surface area contributed by atoms with Crippen LogP contribution in [0.3, 0.4) is 0 Å². The van der Waals surface area contributed by atoms with E-state index < -0.39 is 22.0 Å². The molecule has 1 amide bonds. The molecule has 3 aromatic carbocycles. The van der Waals surface area contributed by atoms with Crippen molar-refractivity contribution in [3.05, 3.63) is 78.1 Å². The fraction of sp³-hybridized carbons (Fsp3) is 0.240. The van der Waals surface area contributed by atoms with Crippen LogP contribution in [-0.4, -0.2) is 27.2 Å². The van der Waals surface area contributed by atoms with Gasteiger partial charge in [-0.1, -0.05) is 44.2 Å². The van der Waals surface area contributed by atoms with Crippen LogP contribution in [0, 0.1) is 11.7 Å². The van der Waals surface area contributed by atoms with E-state index in [1.165, 1.54) is 24.3 Å². The molecule has 2 N–H and O–H groups in total. The number of amides is 1. The molecule has 3 aromatic rings. The largest absolute Gasteiger partial charge is 0.454 e. The third-order valence-electron chi connectivity index (χ3n) is 5.48. The van der Waals surface area contributed by atoms with Gasteiger partial charge in [-0.2, -0.15) is 4.72 Å². The number of halogens is 1. The number of nitrogens with one attached hydrogen (secondary N) is 2. The van der Waals surface area contributed by atoms with Crippen molar-refractivity contribution in [2.24, 2.45) is 5.92 Å². The summed E-state index contributed by atoms with van der Waals surface area (Å²) in [5.41, 5.74) is 2.32. The standard InChI is InChI=1S/C25H25FN2O5S/c1-16(2)24(25(29)27-14-17-3-12-22-23(13-17)33-15-32-22)28-34(30,31)21-10-6-19(7-11-21)18-4-8-20(26)9-5-18/h3-13,16,24,28H,14-15H2,1-2H3,(H,27,29). The molecule has 1 unspecified atom stereocenters. The highest BCUT2D eigenvalue weighted by atomic mass is 32.2. The Morgan fingerprint density at radius 1 is 0.941 bits per heavy atom. The zero-order valence-electron chi connectivity index (χ0n) is 18.7. The van der Waals surface area contributed by atoms with Crippen LogP contribution in [0.1, 0.15) is 19.4 Å². The second-order valence-electron chi connectivity index (χ2n) is 8.28. The second-order valence-corrected chi connectivity index (χ2v) is 9.99. The molecule has 0 radical (unpaired) electrons. The van der Waals surface area contributed by atoms with Crippen molar-refractivity contribution in [2.45, 2.75) is 31.3 Å². The second kappa shape index (κ2) is 9.82. The summed E-state index contributed by atoms with van der Waals surface area (Å²) in [7, 11) is -3.95. The topological polar surface area (TPSA) is 93.7 Å². The van der Waals surface area contributed by atoms with Crippen LogP contribution in [-0.2, 0) is 21.4 Å². The van der Waals surface area contributed by atoms with Crippen molar-refractivity contribution in [1.82, 2.24) is 10.0 Å². The summed E-state index contributed by atoms with van der Waals surface area (Å²) >= 11 is 0. The van der Waals surface area contributed by atoms with Gasteiger partial charge in [-0.15, -0.1) is 0 Å². The lowest BCUT2D eigenvalue weighted by Gasteiger charge is -2.22. The van der Waals surface area contributed by atoms with E-state index in [4.69, 9.17) is 9.47 Å². The lowest BCUT2D eigenvalue weighted by Crippen LogP contribution is -2.49. The van der Waals surface area contributed by atoms with Gasteiger partial charge >= 0.3 is 0 Å². The molecule has 0 saturated heterocycles. The zero-order valence-corrected chi connectivity index (χ0v) is 19.6. The Kier molecular flexibility index (Phi) is 6.85. The normalized spacial score (nSPS) is 13.6. The van der Waals surface area contributed by atoms with E-state index in [-0.39, 0.29) is 30.0 Å². The third-order valence-corrected chi connectivity index (χ3v) is 6.93. The molecule has 0 aromatic heterocycles. The molecule has 1 atom stereocenters. The summed E-state index contributed by atoms with van der Waals surface area (Å²) in [6.07, 6.45) is 0. The third kappa shape index (κ3) is 5.37. The highest BCUT2D eigenvalue weighted by molar-refractivity contribution is 7.89. The highest BCUT2D eigenvalue weighted by Crippen LogP contribution is 2.32. The smallest absolute Gasteiger partial charge is 0.241 e. The summed E-state index contributed by atoms with van der Waals surface area (Å²) in [5, 5.41) is 2.79. The Morgan fingerprint density at radius 3 is 2.21 bits per heavy atom. The quantitative estimate of drug-likeness (QED) is 0.507. The number of fused-ring (bicyclic) bond motifs is 1. The van der Waals surface area contributed by atoms with Crippen molar-refractivity contribution in [3.8, 4) is 22.6 Å². The molecule has 0 bridgehead atoms. The predicted molar refractivity (Wildman–Crippen MR) is 125 cm³/mol. The number of hydrogen-bond donors (Lipinski definition) is 2. The Morgan fingerprint density at radius 2 is 1.56 bits per heavy atom. The van der Waals surface area contributed by atoms with Crippen molar-refractivity contribution >= 4 is 15.9 Å². The summed E-state index contributed by atoms with van der Waals surface area (Å²) in [4.78, 5) is 12.9. The van der Waals surface area contributed by atoms with Gasteiger partial charge in [0.25, 0.3) is 0 Å². The molecular formula is C25H25FN2O5S. The molecule has 178 valence electrons. The molecular weight excluding hydrogens is 459 g/mol. The zero-order chi connectivity index (χ0) is 24.3. The van der Waals surface area contributed by atoms with Crippen molar-refractivity contribution < 1.29 is 27.1 Å². The maximum atomic E-state index is 13.1. The maximum absolute atomic E-state index is 13.1. The van der Waals surface area contributed by atoms with Crippen LogP contribution in [0.5, 0.6) is 11.5 Å². The number of carbonyl (C=O) groups is 1. The van der Waals surface area contributed by atoms with Crippen LogP contribution >= 0.6 is 0 Å². The van der Waals surface area contributed by atoms with Gasteiger partial charge < -0.3 is 14.8 Å². The summed E-state index contributed by atoms with van der Waals surface area (Å²) in [6.45, 7) is 3.91. The molecule has 0 spiro atoms. The average Bonchev–Trinajstić information content (AvgIpc) is 3.29. The monoisotopic (exact) mass is 484 g/mol. The summed E-state index contributed by atoms with van der Waals surface area (Å²) in [6, 6.07) is 16.5. The van der Waals surface area contributed by atoms with Crippen LogP contribution < -0.4 is 19.5 Å². The molecule has 0 aliphatic carbocycles. The van der Waals surface area contributed by atoms with Crippen molar-refractivity contribution in [3.63, 3.8) is 0 Å². The molecule has 0 fully saturated rings. The minimum Gasteiger partial charge on any atom is -0.454 e. The number of hydrogen-bond acceptors (Lipinski definition) is 5. The van der Waals surface area contributed by atoms with Crippen LogP contribution in [0.4, 0.5) is 4.39 Å². The predicted octanol–water partition coefficient (Wildman–Crippen LogP) is 3.84. The van der Waals surface area contributed by atoms with Gasteiger partial charge in [-0.05, 0) is 59.0 Å². The van der Waals surface area contributed by atoms with E-state index in [9.17, 15) is 17.6 Å². The molecule has 7 nitrogen and oxygen atoms in total. The summed E-state index contributed by atoms with van der Waals surface area (Å²) in [5.74, 6) is 0.193. The first kappa shape index (κ1) is 23.7. The first-order valence-corrected chi connectivity index (χ1v) is 12.3. The van der Waals surface area contributed by atoms with Gasteiger partial charge in [0, 0.05) is 6.54 Å². The SMILES string of the molecule is CC(C)C(NS(=O)(=O)c1ccc(-c2ccc(F)cc2)cc1)C(=O)NCc1ccc2c(c1)OCO2. The molecule has 1 aliphatic heterocycles. The van der Waals surface area contributed by atoms with Crippen LogP contribution in [0.25, 0.3) is 11.1 Å². The number of sulfonamides is 1. The average molecular weight is 485 g/mol. The van der Waals surface area contributed by atoms with Crippen molar-refractivity contribution in [1.29, 1.82) is 0 Å².